The Hall–Kier alpha value is -1.62. The highest BCUT2D eigenvalue weighted by Crippen LogP contribution is 2.32. The number of hydrogen-bond acceptors (Lipinski definition) is 4. The molecule has 0 aliphatic carbocycles. The zero-order valence-corrected chi connectivity index (χ0v) is 17.1. The van der Waals surface area contributed by atoms with Gasteiger partial charge in [0, 0.05) is 18.8 Å². The summed E-state index contributed by atoms with van der Waals surface area (Å²) in [5.74, 6) is 0.677. The van der Waals surface area contributed by atoms with Crippen LogP contribution in [0.5, 0.6) is 0 Å². The normalized spacial score (nSPS) is 18.1. The summed E-state index contributed by atoms with van der Waals surface area (Å²) in [6, 6.07) is 4.56. The van der Waals surface area contributed by atoms with Gasteiger partial charge in [-0.1, -0.05) is 26.3 Å². The van der Waals surface area contributed by atoms with Gasteiger partial charge in [0.05, 0.1) is 0 Å². The molecule has 1 aromatic heterocycles. The van der Waals surface area contributed by atoms with Gasteiger partial charge in [-0.05, 0) is 71.2 Å². The van der Waals surface area contributed by atoms with Crippen LogP contribution in [-0.2, 0) is 4.74 Å². The fourth-order valence-corrected chi connectivity index (χ4v) is 3.45. The Morgan fingerprint density at radius 3 is 2.65 bits per heavy atom. The van der Waals surface area contributed by atoms with Crippen molar-refractivity contribution in [3.8, 4) is 0 Å². The molecule has 1 unspecified atom stereocenters. The van der Waals surface area contributed by atoms with Crippen molar-refractivity contribution in [1.82, 2.24) is 9.88 Å². The summed E-state index contributed by atoms with van der Waals surface area (Å²) in [6.45, 7) is 12.9. The van der Waals surface area contributed by atoms with Crippen LogP contribution in [0.25, 0.3) is 0 Å². The van der Waals surface area contributed by atoms with Gasteiger partial charge in [0.15, 0.2) is 0 Å². The van der Waals surface area contributed by atoms with Crippen LogP contribution in [0.4, 0.5) is 10.6 Å². The number of aromatic nitrogens is 1. The maximum atomic E-state index is 12.6. The van der Waals surface area contributed by atoms with Crippen molar-refractivity contribution in [3.05, 3.63) is 23.9 Å². The van der Waals surface area contributed by atoms with Crippen molar-refractivity contribution in [2.75, 3.05) is 24.5 Å². The van der Waals surface area contributed by atoms with Crippen molar-refractivity contribution in [1.29, 1.82) is 0 Å². The minimum absolute atomic E-state index is 0.320. The van der Waals surface area contributed by atoms with E-state index in [4.69, 9.17) is 4.74 Å². The van der Waals surface area contributed by atoms with Gasteiger partial charge in [-0.15, -0.1) is 0 Å². The number of ether oxygens (including phenoxy) is 1. The van der Waals surface area contributed by atoms with E-state index in [0.29, 0.717) is 18.4 Å². The number of hydrogen-bond donors (Lipinski definition) is 0. The zero-order chi connectivity index (χ0) is 19.2. The van der Waals surface area contributed by atoms with E-state index in [1.54, 1.807) is 4.90 Å². The van der Waals surface area contributed by atoms with Crippen LogP contribution in [0.15, 0.2) is 18.3 Å². The Morgan fingerprint density at radius 2 is 2.08 bits per heavy atom. The second kappa shape index (κ2) is 9.36. The first-order valence-electron chi connectivity index (χ1n) is 10.1. The maximum Gasteiger partial charge on any atom is 0.416 e. The first-order valence-corrected chi connectivity index (χ1v) is 10.1. The molecule has 2 heterocycles. The lowest BCUT2D eigenvalue weighted by Gasteiger charge is -2.27. The molecule has 26 heavy (non-hydrogen) atoms. The van der Waals surface area contributed by atoms with Gasteiger partial charge in [-0.2, -0.15) is 0 Å². The number of amides is 1. The van der Waals surface area contributed by atoms with Gasteiger partial charge < -0.3 is 4.74 Å². The van der Waals surface area contributed by atoms with Crippen molar-refractivity contribution in [3.63, 3.8) is 0 Å². The van der Waals surface area contributed by atoms with Crippen molar-refractivity contribution in [2.24, 2.45) is 0 Å². The Labute approximate surface area is 158 Å². The van der Waals surface area contributed by atoms with E-state index in [-0.39, 0.29) is 6.09 Å². The summed E-state index contributed by atoms with van der Waals surface area (Å²) in [6.07, 6.45) is 7.17. The Balaban J connectivity index is 2.14. The minimum Gasteiger partial charge on any atom is -0.443 e. The summed E-state index contributed by atoms with van der Waals surface area (Å²) in [4.78, 5) is 21.4. The molecule has 1 saturated heterocycles. The molecule has 0 radical (unpaired) electrons. The van der Waals surface area contributed by atoms with E-state index in [1.807, 2.05) is 33.0 Å². The molecule has 2 rings (SSSR count). The molecule has 1 aromatic rings. The Bertz CT molecular complexity index is 566. The first-order chi connectivity index (χ1) is 12.4. The number of carbonyl (C=O) groups is 1. The number of anilines is 1. The van der Waals surface area contributed by atoms with Crippen molar-refractivity contribution < 1.29 is 9.53 Å². The van der Waals surface area contributed by atoms with E-state index >= 15 is 0 Å². The highest BCUT2D eigenvalue weighted by atomic mass is 16.6. The molecule has 1 amide bonds. The maximum absolute atomic E-state index is 12.6. The largest absolute Gasteiger partial charge is 0.443 e. The third kappa shape index (κ3) is 5.70. The predicted molar refractivity (Wildman–Crippen MR) is 107 cm³/mol. The van der Waals surface area contributed by atoms with Crippen LogP contribution in [0.3, 0.4) is 0 Å². The summed E-state index contributed by atoms with van der Waals surface area (Å²) < 4.78 is 5.57. The second-order valence-corrected chi connectivity index (χ2v) is 8.13. The SMILES string of the molecule is CCCCN(C(=O)OC(C)(C)C)c1ccc(C2CCCN2CCC)cn1. The lowest BCUT2D eigenvalue weighted by atomic mass is 10.1. The summed E-state index contributed by atoms with van der Waals surface area (Å²) in [5, 5.41) is 0. The van der Waals surface area contributed by atoms with Crippen LogP contribution in [-0.4, -0.2) is 41.2 Å². The highest BCUT2D eigenvalue weighted by Gasteiger charge is 2.27. The van der Waals surface area contributed by atoms with Crippen LogP contribution >= 0.6 is 0 Å². The number of carbonyl (C=O) groups excluding carboxylic acids is 1. The highest BCUT2D eigenvalue weighted by molar-refractivity contribution is 5.86. The van der Waals surface area contributed by atoms with E-state index < -0.39 is 5.60 Å². The summed E-state index contributed by atoms with van der Waals surface area (Å²) in [7, 11) is 0. The third-order valence-electron chi connectivity index (χ3n) is 4.66. The summed E-state index contributed by atoms with van der Waals surface area (Å²) >= 11 is 0. The van der Waals surface area contributed by atoms with E-state index in [2.05, 4.69) is 29.8 Å². The fourth-order valence-electron chi connectivity index (χ4n) is 3.45. The van der Waals surface area contributed by atoms with Gasteiger partial charge in [-0.3, -0.25) is 9.80 Å². The molecule has 1 aliphatic rings. The number of nitrogens with zero attached hydrogens (tertiary/aromatic N) is 3. The molecule has 0 bridgehead atoms. The van der Waals surface area contributed by atoms with Gasteiger partial charge >= 0.3 is 6.09 Å². The lowest BCUT2D eigenvalue weighted by molar-refractivity contribution is 0.0578. The molecule has 0 N–H and O–H groups in total. The van der Waals surface area contributed by atoms with Gasteiger partial charge in [0.25, 0.3) is 0 Å². The molecular formula is C21H35N3O2. The second-order valence-electron chi connectivity index (χ2n) is 8.13. The number of pyridine rings is 1. The van der Waals surface area contributed by atoms with Crippen molar-refractivity contribution >= 4 is 11.9 Å². The standard InChI is InChI=1S/C21H35N3O2/c1-6-8-15-24(20(25)26-21(3,4)5)19-12-11-17(16-22-19)18-10-9-14-23(18)13-7-2/h11-12,16,18H,6-10,13-15H2,1-5H3. The van der Waals surface area contributed by atoms with Gasteiger partial charge in [0.2, 0.25) is 0 Å². The number of rotatable bonds is 7. The number of likely N-dealkylation sites (tertiary alicyclic amines) is 1. The third-order valence-corrected chi connectivity index (χ3v) is 4.66. The molecule has 0 aromatic carbocycles. The molecule has 5 nitrogen and oxygen atoms in total. The quantitative estimate of drug-likeness (QED) is 0.672. The average Bonchev–Trinajstić information content (AvgIpc) is 3.03. The summed E-state index contributed by atoms with van der Waals surface area (Å²) in [5.41, 5.74) is 0.741. The average molecular weight is 362 g/mol. The smallest absolute Gasteiger partial charge is 0.416 e. The van der Waals surface area contributed by atoms with Gasteiger partial charge in [-0.25, -0.2) is 9.78 Å². The van der Waals surface area contributed by atoms with E-state index in [9.17, 15) is 4.79 Å². The topological polar surface area (TPSA) is 45.7 Å². The molecule has 0 saturated carbocycles. The Morgan fingerprint density at radius 1 is 1.31 bits per heavy atom. The van der Waals surface area contributed by atoms with Crippen LogP contribution in [0.2, 0.25) is 0 Å². The predicted octanol–water partition coefficient (Wildman–Crippen LogP) is 5.17. The molecule has 0 spiro atoms. The molecule has 5 heteroatoms. The first kappa shape index (κ1) is 20.7. The van der Waals surface area contributed by atoms with Crippen molar-refractivity contribution in [2.45, 2.75) is 78.4 Å². The molecule has 1 atom stereocenters. The lowest BCUT2D eigenvalue weighted by Crippen LogP contribution is -2.38. The van der Waals surface area contributed by atoms with E-state index in [0.717, 1.165) is 19.4 Å². The van der Waals surface area contributed by atoms with E-state index in [1.165, 1.54) is 31.4 Å². The zero-order valence-electron chi connectivity index (χ0n) is 17.1. The van der Waals surface area contributed by atoms with Gasteiger partial charge in [0.1, 0.15) is 11.4 Å². The fraction of sp³-hybridized carbons (Fsp3) is 0.714. The monoisotopic (exact) mass is 361 g/mol. The van der Waals surface area contributed by atoms with Crippen LogP contribution < -0.4 is 4.90 Å². The minimum atomic E-state index is -0.508. The molecule has 1 fully saturated rings. The Kier molecular flexibility index (Phi) is 7.44. The molecule has 146 valence electrons. The molecular weight excluding hydrogens is 326 g/mol. The number of unbranched alkanes of at least 4 members (excludes halogenated alkanes) is 1. The molecule has 1 aliphatic heterocycles. The van der Waals surface area contributed by atoms with Crippen LogP contribution in [0.1, 0.15) is 78.3 Å². The van der Waals surface area contributed by atoms with Crippen LogP contribution in [0, 0.1) is 0 Å².